The van der Waals surface area contributed by atoms with Gasteiger partial charge in [0.1, 0.15) is 4.84 Å². The molecule has 0 aliphatic carbocycles. The number of carboxylic acids is 1. The summed E-state index contributed by atoms with van der Waals surface area (Å²) in [5, 5.41) is 8.51. The molecule has 0 heterocycles. The predicted octanol–water partition coefficient (Wildman–Crippen LogP) is 2.29. The van der Waals surface area contributed by atoms with Gasteiger partial charge in [0, 0.05) is 0 Å². The Morgan fingerprint density at radius 3 is 2.20 bits per heavy atom. The van der Waals surface area contributed by atoms with E-state index >= 15 is 0 Å². The second kappa shape index (κ2) is 4.80. The first-order valence-corrected chi connectivity index (χ1v) is 3.97. The Bertz CT molecular complexity index is 114. The van der Waals surface area contributed by atoms with Crippen LogP contribution in [0.25, 0.3) is 0 Å². The van der Waals surface area contributed by atoms with Crippen LogP contribution in [-0.4, -0.2) is 15.9 Å². The Kier molecular flexibility index (Phi) is 4.83. The summed E-state index contributed by atoms with van der Waals surface area (Å²) < 4.78 is 0. The lowest BCUT2D eigenvalue weighted by Gasteiger charge is -2.10. The highest BCUT2D eigenvalue weighted by atomic mass is 35.5. The van der Waals surface area contributed by atoms with E-state index in [9.17, 15) is 4.79 Å². The number of hydrogen-bond donors (Lipinski definition) is 1. The molecule has 0 aliphatic heterocycles. The molecule has 1 atom stereocenters. The zero-order valence-electron chi connectivity index (χ0n) is 5.68. The molecule has 0 aromatic carbocycles. The number of hydrogen-bond acceptors (Lipinski definition) is 1. The van der Waals surface area contributed by atoms with E-state index in [0.29, 0.717) is 6.42 Å². The third-order valence-corrected chi connectivity index (χ3v) is 1.83. The van der Waals surface area contributed by atoms with Gasteiger partial charge in [0.15, 0.2) is 0 Å². The first kappa shape index (κ1) is 10.0. The molecule has 0 rings (SSSR count). The van der Waals surface area contributed by atoms with Gasteiger partial charge in [-0.3, -0.25) is 4.79 Å². The molecule has 1 unspecified atom stereocenters. The van der Waals surface area contributed by atoms with Crippen LogP contribution in [0.2, 0.25) is 0 Å². The molecule has 0 spiro atoms. The minimum absolute atomic E-state index is 0.535. The van der Waals surface area contributed by atoms with E-state index in [1.807, 2.05) is 6.92 Å². The Balaban J connectivity index is 3.85. The van der Waals surface area contributed by atoms with Crippen molar-refractivity contribution in [2.45, 2.75) is 24.6 Å². The van der Waals surface area contributed by atoms with Crippen molar-refractivity contribution in [2.75, 3.05) is 0 Å². The number of carbonyl (C=O) groups is 1. The SMILES string of the molecule is CCCC(C(=O)O)C(Cl)Cl. The molecule has 1 N–H and O–H groups in total. The van der Waals surface area contributed by atoms with Gasteiger partial charge < -0.3 is 5.11 Å². The second-order valence-electron chi connectivity index (χ2n) is 2.07. The Morgan fingerprint density at radius 1 is 1.60 bits per heavy atom. The van der Waals surface area contributed by atoms with Crippen molar-refractivity contribution in [3.8, 4) is 0 Å². The average Bonchev–Trinajstić information content (AvgIpc) is 1.81. The highest BCUT2D eigenvalue weighted by Crippen LogP contribution is 2.20. The monoisotopic (exact) mass is 184 g/mol. The maximum atomic E-state index is 10.4. The Morgan fingerprint density at radius 2 is 2.10 bits per heavy atom. The van der Waals surface area contributed by atoms with Crippen molar-refractivity contribution < 1.29 is 9.90 Å². The summed E-state index contributed by atoms with van der Waals surface area (Å²) in [7, 11) is 0. The lowest BCUT2D eigenvalue weighted by Crippen LogP contribution is -2.19. The summed E-state index contributed by atoms with van der Waals surface area (Å²) in [5.41, 5.74) is 0. The van der Waals surface area contributed by atoms with Crippen LogP contribution >= 0.6 is 23.2 Å². The molecule has 0 bridgehead atoms. The van der Waals surface area contributed by atoms with Gasteiger partial charge in [0.2, 0.25) is 0 Å². The van der Waals surface area contributed by atoms with Crippen molar-refractivity contribution in [1.82, 2.24) is 0 Å². The maximum absolute atomic E-state index is 10.4. The van der Waals surface area contributed by atoms with E-state index in [1.54, 1.807) is 0 Å². The van der Waals surface area contributed by atoms with Gasteiger partial charge in [0.25, 0.3) is 0 Å². The molecule has 0 radical (unpaired) electrons. The van der Waals surface area contributed by atoms with Gasteiger partial charge >= 0.3 is 5.97 Å². The number of rotatable bonds is 4. The molecule has 0 saturated heterocycles. The van der Waals surface area contributed by atoms with Crippen LogP contribution in [0.3, 0.4) is 0 Å². The molecule has 10 heavy (non-hydrogen) atoms. The first-order chi connectivity index (χ1) is 4.59. The van der Waals surface area contributed by atoms with E-state index in [1.165, 1.54) is 0 Å². The van der Waals surface area contributed by atoms with E-state index in [4.69, 9.17) is 28.3 Å². The van der Waals surface area contributed by atoms with Gasteiger partial charge in [0.05, 0.1) is 5.92 Å². The van der Waals surface area contributed by atoms with E-state index in [-0.39, 0.29) is 0 Å². The van der Waals surface area contributed by atoms with Crippen LogP contribution in [-0.2, 0) is 4.79 Å². The van der Waals surface area contributed by atoms with Crippen LogP contribution in [0, 0.1) is 5.92 Å². The first-order valence-electron chi connectivity index (χ1n) is 3.10. The minimum atomic E-state index is -0.920. The molecule has 4 heteroatoms. The molecule has 60 valence electrons. The van der Waals surface area contributed by atoms with E-state index in [2.05, 4.69) is 0 Å². The zero-order valence-corrected chi connectivity index (χ0v) is 7.19. The van der Waals surface area contributed by atoms with Crippen LogP contribution in [0.5, 0.6) is 0 Å². The Hall–Kier alpha value is 0.0500. The van der Waals surface area contributed by atoms with Crippen molar-refractivity contribution in [2.24, 2.45) is 5.92 Å². The Labute approximate surface area is 70.1 Å². The molecule has 2 nitrogen and oxygen atoms in total. The molecule has 0 saturated carbocycles. The minimum Gasteiger partial charge on any atom is -0.481 e. The maximum Gasteiger partial charge on any atom is 0.309 e. The molecular weight excluding hydrogens is 175 g/mol. The van der Waals surface area contributed by atoms with Gasteiger partial charge in [-0.05, 0) is 6.42 Å². The largest absolute Gasteiger partial charge is 0.481 e. The van der Waals surface area contributed by atoms with Gasteiger partial charge in [-0.25, -0.2) is 0 Å². The summed E-state index contributed by atoms with van der Waals surface area (Å²) in [6.45, 7) is 1.89. The number of carboxylic acid groups (broad SMARTS) is 1. The van der Waals surface area contributed by atoms with Crippen molar-refractivity contribution in [3.63, 3.8) is 0 Å². The molecule has 0 aromatic rings. The molecular formula is C6H10Cl2O2. The summed E-state index contributed by atoms with van der Waals surface area (Å²) in [6, 6.07) is 0. The zero-order chi connectivity index (χ0) is 8.15. The number of alkyl halides is 2. The van der Waals surface area contributed by atoms with Crippen molar-refractivity contribution >= 4 is 29.2 Å². The summed E-state index contributed by atoms with van der Waals surface area (Å²) >= 11 is 10.8. The number of aliphatic carboxylic acids is 1. The molecule has 0 aliphatic rings. The van der Waals surface area contributed by atoms with Crippen LogP contribution in [0.1, 0.15) is 19.8 Å². The highest BCUT2D eigenvalue weighted by Gasteiger charge is 2.23. The normalized spacial score (nSPS) is 13.6. The summed E-state index contributed by atoms with van der Waals surface area (Å²) in [6.07, 6.45) is 1.32. The third-order valence-electron chi connectivity index (χ3n) is 1.22. The topological polar surface area (TPSA) is 37.3 Å². The second-order valence-corrected chi connectivity index (χ2v) is 3.23. The summed E-state index contributed by atoms with van der Waals surface area (Å²) in [5.74, 6) is -1.54. The van der Waals surface area contributed by atoms with Gasteiger partial charge in [-0.1, -0.05) is 13.3 Å². The fraction of sp³-hybridized carbons (Fsp3) is 0.833. The summed E-state index contributed by atoms with van der Waals surface area (Å²) in [4.78, 5) is 9.57. The standard InChI is InChI=1S/C6H10Cl2O2/c1-2-3-4(5(7)8)6(9)10/h4-5H,2-3H2,1H3,(H,9,10). The lowest BCUT2D eigenvalue weighted by molar-refractivity contribution is -0.141. The van der Waals surface area contributed by atoms with Crippen molar-refractivity contribution in [3.05, 3.63) is 0 Å². The molecule has 0 amide bonds. The fourth-order valence-corrected chi connectivity index (χ4v) is 1.14. The smallest absolute Gasteiger partial charge is 0.309 e. The average molecular weight is 185 g/mol. The fourth-order valence-electron chi connectivity index (χ4n) is 0.668. The molecule has 0 aromatic heterocycles. The molecule has 0 fully saturated rings. The lowest BCUT2D eigenvalue weighted by atomic mass is 10.1. The van der Waals surface area contributed by atoms with E-state index in [0.717, 1.165) is 6.42 Å². The highest BCUT2D eigenvalue weighted by molar-refractivity contribution is 6.45. The van der Waals surface area contributed by atoms with Crippen LogP contribution < -0.4 is 0 Å². The number of halogens is 2. The third kappa shape index (κ3) is 3.28. The van der Waals surface area contributed by atoms with Crippen molar-refractivity contribution in [1.29, 1.82) is 0 Å². The predicted molar refractivity (Wildman–Crippen MR) is 41.5 cm³/mol. The van der Waals surface area contributed by atoms with Crippen LogP contribution in [0.15, 0.2) is 0 Å². The van der Waals surface area contributed by atoms with Gasteiger partial charge in [-0.15, -0.1) is 23.2 Å². The van der Waals surface area contributed by atoms with Crippen LogP contribution in [0.4, 0.5) is 0 Å². The van der Waals surface area contributed by atoms with Gasteiger partial charge in [-0.2, -0.15) is 0 Å². The van der Waals surface area contributed by atoms with E-state index < -0.39 is 16.7 Å². The quantitative estimate of drug-likeness (QED) is 0.682.